The first-order valence-electron chi connectivity index (χ1n) is 8.30. The molecule has 1 unspecified atom stereocenters. The molecule has 1 fully saturated rings. The van der Waals surface area contributed by atoms with Gasteiger partial charge in [0.1, 0.15) is 5.75 Å². The Morgan fingerprint density at radius 2 is 2.04 bits per heavy atom. The van der Waals surface area contributed by atoms with Gasteiger partial charge >= 0.3 is 0 Å². The van der Waals surface area contributed by atoms with Gasteiger partial charge in [-0.25, -0.2) is 4.68 Å². The van der Waals surface area contributed by atoms with Crippen LogP contribution in [0.15, 0.2) is 35.0 Å². The van der Waals surface area contributed by atoms with E-state index in [1.54, 1.807) is 24.3 Å². The maximum Gasteiger partial charge on any atom is 0.289 e. The normalized spacial score (nSPS) is 16.7. The molecule has 1 aromatic heterocycles. The van der Waals surface area contributed by atoms with Crippen LogP contribution in [-0.2, 0) is 11.2 Å². The van der Waals surface area contributed by atoms with Crippen LogP contribution in [0.3, 0.4) is 0 Å². The lowest BCUT2D eigenvalue weighted by Gasteiger charge is -2.24. The monoisotopic (exact) mass is 330 g/mol. The number of carbonyl (C=O) groups is 1. The van der Waals surface area contributed by atoms with E-state index in [4.69, 9.17) is 9.93 Å². The number of hydrogen-bond donors (Lipinski definition) is 3. The largest absolute Gasteiger partial charge is 0.508 e. The van der Waals surface area contributed by atoms with Gasteiger partial charge in [0, 0.05) is 12.5 Å². The Bertz CT molecular complexity index is 729. The molecule has 3 rings (SSSR count). The lowest BCUT2D eigenvalue weighted by atomic mass is 9.95. The third-order valence-electron chi connectivity index (χ3n) is 4.42. The number of phenols is 1. The predicted molar refractivity (Wildman–Crippen MR) is 83.9 cm³/mol. The van der Waals surface area contributed by atoms with Gasteiger partial charge in [0.2, 0.25) is 12.2 Å². The molecule has 3 N–H and O–H groups in total. The standard InChI is InChI=1S/C17H22N4O3/c18-16-11-21(20-24-16)15(10-12-6-8-14(22)9-7-12)17(23)19-13-4-2-1-3-5-13/h6-9,11,13,15,18,22H,1-5,10H2,(H,19,23). The maximum atomic E-state index is 12.8. The highest BCUT2D eigenvalue weighted by molar-refractivity contribution is 5.79. The zero-order valence-electron chi connectivity index (χ0n) is 13.4. The molecular formula is C17H22N4O3. The van der Waals surface area contributed by atoms with Crippen LogP contribution >= 0.6 is 0 Å². The fourth-order valence-electron chi connectivity index (χ4n) is 3.11. The summed E-state index contributed by atoms with van der Waals surface area (Å²) < 4.78 is 6.20. The Balaban J connectivity index is 1.77. The molecule has 7 nitrogen and oxygen atoms in total. The van der Waals surface area contributed by atoms with Gasteiger partial charge in [-0.15, -0.1) is 0 Å². The summed E-state index contributed by atoms with van der Waals surface area (Å²) in [6.07, 6.45) is 7.34. The quantitative estimate of drug-likeness (QED) is 0.710. The highest BCUT2D eigenvalue weighted by Crippen LogP contribution is 2.19. The number of aromatic nitrogens is 2. The second-order valence-electron chi connectivity index (χ2n) is 6.28. The molecule has 0 saturated heterocycles. The fourth-order valence-corrected chi connectivity index (χ4v) is 3.11. The number of nitrogens with zero attached hydrogens (tertiary/aromatic N) is 2. The van der Waals surface area contributed by atoms with Crippen molar-refractivity contribution in [3.63, 3.8) is 0 Å². The molecule has 1 amide bonds. The van der Waals surface area contributed by atoms with Crippen molar-refractivity contribution in [1.82, 2.24) is 10.6 Å². The summed E-state index contributed by atoms with van der Waals surface area (Å²) in [6.45, 7) is 0. The van der Waals surface area contributed by atoms with Crippen molar-refractivity contribution in [2.75, 3.05) is 0 Å². The molecule has 0 aliphatic heterocycles. The number of carbonyl (C=O) groups excluding carboxylic acids is 1. The van der Waals surface area contributed by atoms with Gasteiger partial charge in [-0.1, -0.05) is 31.4 Å². The van der Waals surface area contributed by atoms with Crippen LogP contribution < -0.4 is 20.8 Å². The average Bonchev–Trinajstić information content (AvgIpc) is 3.01. The highest BCUT2D eigenvalue weighted by atomic mass is 16.5. The van der Waals surface area contributed by atoms with Gasteiger partial charge in [0.15, 0.2) is 0 Å². The van der Waals surface area contributed by atoms with Crippen LogP contribution in [0, 0.1) is 5.41 Å². The summed E-state index contributed by atoms with van der Waals surface area (Å²) in [6, 6.07) is 6.36. The summed E-state index contributed by atoms with van der Waals surface area (Å²) in [4.78, 5) is 12.8. The molecule has 0 spiro atoms. The van der Waals surface area contributed by atoms with E-state index in [9.17, 15) is 9.90 Å². The van der Waals surface area contributed by atoms with Crippen molar-refractivity contribution >= 4 is 5.91 Å². The van der Waals surface area contributed by atoms with Crippen LogP contribution in [0.1, 0.15) is 43.7 Å². The van der Waals surface area contributed by atoms with Crippen molar-refractivity contribution in [2.24, 2.45) is 0 Å². The van der Waals surface area contributed by atoms with Gasteiger partial charge in [-0.3, -0.25) is 15.5 Å². The van der Waals surface area contributed by atoms with Gasteiger partial charge in [0.25, 0.3) is 11.5 Å². The molecule has 1 aliphatic carbocycles. The predicted octanol–water partition coefficient (Wildman–Crippen LogP) is 0.942. The van der Waals surface area contributed by atoms with E-state index in [0.29, 0.717) is 6.42 Å². The third-order valence-corrected chi connectivity index (χ3v) is 4.42. The van der Waals surface area contributed by atoms with Gasteiger partial charge in [-0.2, -0.15) is 0 Å². The minimum atomic E-state index is -0.584. The molecule has 7 heteroatoms. The number of aromatic hydroxyl groups is 1. The number of nitrogens with one attached hydrogen (secondary N) is 2. The van der Waals surface area contributed by atoms with Crippen molar-refractivity contribution in [3.8, 4) is 5.75 Å². The third kappa shape index (κ3) is 4.04. The average molecular weight is 330 g/mol. The Labute approximate surface area is 139 Å². The first-order valence-corrected chi connectivity index (χ1v) is 8.30. The summed E-state index contributed by atoms with van der Waals surface area (Å²) in [5.74, 6) is 0.0674. The van der Waals surface area contributed by atoms with Gasteiger partial charge in [0.05, 0.1) is 0 Å². The lowest BCUT2D eigenvalue weighted by Crippen LogP contribution is -2.53. The van der Waals surface area contributed by atoms with E-state index in [1.807, 2.05) is 0 Å². The second kappa shape index (κ2) is 7.33. The Kier molecular flexibility index (Phi) is 4.98. The first-order chi connectivity index (χ1) is 11.6. The molecule has 0 bridgehead atoms. The van der Waals surface area contributed by atoms with E-state index in [1.165, 1.54) is 17.3 Å². The van der Waals surface area contributed by atoms with E-state index in [-0.39, 0.29) is 23.3 Å². The second-order valence-corrected chi connectivity index (χ2v) is 6.28. The zero-order chi connectivity index (χ0) is 16.9. The molecule has 1 saturated carbocycles. The first kappa shape index (κ1) is 16.3. The highest BCUT2D eigenvalue weighted by Gasteiger charge is 2.29. The number of hydrogen-bond acceptors (Lipinski definition) is 4. The summed E-state index contributed by atoms with van der Waals surface area (Å²) in [5, 5.41) is 23.8. The van der Waals surface area contributed by atoms with Crippen molar-refractivity contribution in [2.45, 2.75) is 50.6 Å². The van der Waals surface area contributed by atoms with Gasteiger partial charge < -0.3 is 14.9 Å². The Morgan fingerprint density at radius 3 is 2.67 bits per heavy atom. The SMILES string of the molecule is N=c1c[n+](C(Cc2ccc(O)cc2)C(=O)NC2CCCCC2)[n-]o1. The van der Waals surface area contributed by atoms with Crippen LogP contribution in [0.5, 0.6) is 5.75 Å². The van der Waals surface area contributed by atoms with Crippen LogP contribution in [0.4, 0.5) is 0 Å². The van der Waals surface area contributed by atoms with E-state index in [2.05, 4.69) is 10.6 Å². The number of phenolic OH excluding ortho intramolecular Hbond substituents is 1. The molecule has 1 heterocycles. The van der Waals surface area contributed by atoms with Crippen LogP contribution in [0.25, 0.3) is 0 Å². The minimum Gasteiger partial charge on any atom is -0.508 e. The molecule has 24 heavy (non-hydrogen) atoms. The molecule has 0 radical (unpaired) electrons. The summed E-state index contributed by atoms with van der Waals surface area (Å²) >= 11 is 0. The number of rotatable bonds is 5. The Morgan fingerprint density at radius 1 is 1.33 bits per heavy atom. The molecular weight excluding hydrogens is 308 g/mol. The lowest BCUT2D eigenvalue weighted by molar-refractivity contribution is -0.778. The Hall–Kier alpha value is -2.57. The minimum absolute atomic E-state index is 0.0869. The van der Waals surface area contributed by atoms with E-state index < -0.39 is 6.04 Å². The van der Waals surface area contributed by atoms with E-state index >= 15 is 0 Å². The number of amides is 1. The van der Waals surface area contributed by atoms with Crippen molar-refractivity contribution in [3.05, 3.63) is 41.6 Å². The number of benzene rings is 1. The fraction of sp³-hybridized carbons (Fsp3) is 0.471. The molecule has 1 aromatic carbocycles. The zero-order valence-corrected chi connectivity index (χ0v) is 13.4. The van der Waals surface area contributed by atoms with E-state index in [0.717, 1.165) is 31.2 Å². The topological polar surface area (TPSA) is 104 Å². The molecule has 2 aromatic rings. The molecule has 1 atom stereocenters. The summed E-state index contributed by atoms with van der Waals surface area (Å²) in [7, 11) is 0. The van der Waals surface area contributed by atoms with Crippen molar-refractivity contribution < 1.29 is 19.1 Å². The maximum absolute atomic E-state index is 12.8. The van der Waals surface area contributed by atoms with Crippen LogP contribution in [-0.4, -0.2) is 17.1 Å². The smallest absolute Gasteiger partial charge is 0.289 e. The van der Waals surface area contributed by atoms with Crippen LogP contribution in [0.2, 0.25) is 0 Å². The van der Waals surface area contributed by atoms with Crippen molar-refractivity contribution in [1.29, 1.82) is 5.41 Å². The molecule has 1 aliphatic rings. The van der Waals surface area contributed by atoms with Gasteiger partial charge in [-0.05, 0) is 30.5 Å². The summed E-state index contributed by atoms with van der Waals surface area (Å²) in [5.41, 5.74) is 0.815. The molecule has 128 valence electrons.